The standard InChI is InChI=1S/C12H6FNO4/c13-7-1-3-9(14(15)16)11(5-7)18-12-6-8-2-4-10(12)17-8/h1-6H. The molecule has 0 unspecified atom stereocenters. The van der Waals surface area contributed by atoms with Crippen molar-refractivity contribution >= 4 is 16.9 Å². The molecule has 0 radical (unpaired) electrons. The van der Waals surface area contributed by atoms with Crippen LogP contribution in [0.15, 0.2) is 40.8 Å². The Morgan fingerprint density at radius 2 is 2.00 bits per heavy atom. The molecule has 0 N–H and O–H groups in total. The normalized spacial score (nSPS) is 10.9. The van der Waals surface area contributed by atoms with E-state index < -0.39 is 10.7 Å². The van der Waals surface area contributed by atoms with Gasteiger partial charge >= 0.3 is 5.69 Å². The van der Waals surface area contributed by atoms with Crippen molar-refractivity contribution in [1.29, 1.82) is 0 Å². The summed E-state index contributed by atoms with van der Waals surface area (Å²) in [5.41, 5.74) is 0.761. The molecule has 1 aromatic carbocycles. The van der Waals surface area contributed by atoms with Crippen LogP contribution in [0.3, 0.4) is 0 Å². The van der Waals surface area contributed by atoms with Crippen molar-refractivity contribution < 1.29 is 18.5 Å². The summed E-state index contributed by atoms with van der Waals surface area (Å²) in [5, 5.41) is 10.8. The zero-order chi connectivity index (χ0) is 12.7. The molecule has 0 aliphatic heterocycles. The number of benzene rings is 2. The molecule has 2 aromatic heterocycles. The molecule has 2 heterocycles. The van der Waals surface area contributed by atoms with Crippen LogP contribution in [0.2, 0.25) is 0 Å². The second-order valence-electron chi connectivity index (χ2n) is 3.68. The summed E-state index contributed by atoms with van der Waals surface area (Å²) in [6.07, 6.45) is 0. The minimum atomic E-state index is -0.628. The van der Waals surface area contributed by atoms with E-state index >= 15 is 0 Å². The maximum atomic E-state index is 13.1. The second kappa shape index (κ2) is 3.69. The average molecular weight is 247 g/mol. The lowest BCUT2D eigenvalue weighted by molar-refractivity contribution is -0.385. The lowest BCUT2D eigenvalue weighted by atomic mass is 10.3. The van der Waals surface area contributed by atoms with Gasteiger partial charge in [-0.1, -0.05) is 0 Å². The van der Waals surface area contributed by atoms with Gasteiger partial charge in [-0.2, -0.15) is 0 Å². The molecule has 0 saturated carbocycles. The van der Waals surface area contributed by atoms with Crippen molar-refractivity contribution in [1.82, 2.24) is 0 Å². The Labute approximate surface area is 99.9 Å². The van der Waals surface area contributed by atoms with Gasteiger partial charge in [0.2, 0.25) is 5.75 Å². The zero-order valence-electron chi connectivity index (χ0n) is 8.92. The van der Waals surface area contributed by atoms with Crippen LogP contribution in [0.1, 0.15) is 0 Å². The summed E-state index contributed by atoms with van der Waals surface area (Å²) < 4.78 is 23.6. The van der Waals surface area contributed by atoms with Gasteiger partial charge in [0.05, 0.1) is 4.92 Å². The molecule has 5 nitrogen and oxygen atoms in total. The number of nitro groups is 1. The van der Waals surface area contributed by atoms with Crippen molar-refractivity contribution in [2.24, 2.45) is 0 Å². The van der Waals surface area contributed by atoms with Gasteiger partial charge in [0, 0.05) is 18.2 Å². The Morgan fingerprint density at radius 1 is 1.17 bits per heavy atom. The minimum Gasteiger partial charge on any atom is -0.453 e. The Bertz CT molecular complexity index is 721. The van der Waals surface area contributed by atoms with Crippen LogP contribution in [-0.4, -0.2) is 4.92 Å². The molecule has 6 heteroatoms. The van der Waals surface area contributed by atoms with Gasteiger partial charge in [0.15, 0.2) is 11.3 Å². The Kier molecular flexibility index (Phi) is 2.16. The van der Waals surface area contributed by atoms with Crippen LogP contribution in [0, 0.1) is 15.9 Å². The number of nitro benzene ring substituents is 1. The highest BCUT2D eigenvalue weighted by atomic mass is 19.1. The number of ether oxygens (including phenoxy) is 1. The predicted octanol–water partition coefficient (Wildman–Crippen LogP) is 3.71. The Hall–Kier alpha value is -2.63. The summed E-state index contributed by atoms with van der Waals surface area (Å²) in [4.78, 5) is 10.2. The predicted molar refractivity (Wildman–Crippen MR) is 60.5 cm³/mol. The molecule has 0 saturated heterocycles. The highest BCUT2D eigenvalue weighted by Crippen LogP contribution is 2.36. The molecule has 0 atom stereocenters. The van der Waals surface area contributed by atoms with E-state index in [9.17, 15) is 14.5 Å². The quantitative estimate of drug-likeness (QED) is 0.522. The topological polar surface area (TPSA) is 65.5 Å². The second-order valence-corrected chi connectivity index (χ2v) is 3.68. The van der Waals surface area contributed by atoms with Crippen LogP contribution < -0.4 is 4.74 Å². The fourth-order valence-corrected chi connectivity index (χ4v) is 1.68. The SMILES string of the molecule is O=[N+]([O-])c1ccc(F)cc1Oc1cc2ccc1o2. The van der Waals surface area contributed by atoms with E-state index in [-0.39, 0.29) is 11.4 Å². The number of fused-ring (bicyclic) bond motifs is 2. The molecule has 3 rings (SSSR count). The fraction of sp³-hybridized carbons (Fsp3) is 0. The molecular weight excluding hydrogens is 241 g/mol. The highest BCUT2D eigenvalue weighted by molar-refractivity contribution is 5.71. The molecule has 0 aliphatic carbocycles. The monoisotopic (exact) mass is 247 g/mol. The van der Waals surface area contributed by atoms with Crippen molar-refractivity contribution in [2.45, 2.75) is 0 Å². The maximum absolute atomic E-state index is 13.1. The number of hydrogen-bond donors (Lipinski definition) is 0. The summed E-state index contributed by atoms with van der Waals surface area (Å²) >= 11 is 0. The molecular formula is C12H6FNO4. The molecule has 2 bridgehead atoms. The molecule has 0 amide bonds. The van der Waals surface area contributed by atoms with Gasteiger partial charge in [-0.15, -0.1) is 0 Å². The smallest absolute Gasteiger partial charge is 0.311 e. The third-order valence-electron chi connectivity index (χ3n) is 2.48. The van der Waals surface area contributed by atoms with Crippen molar-refractivity contribution in [3.8, 4) is 11.5 Å². The van der Waals surface area contributed by atoms with E-state index in [1.165, 1.54) is 0 Å². The summed E-state index contributed by atoms with van der Waals surface area (Å²) in [7, 11) is 0. The summed E-state index contributed by atoms with van der Waals surface area (Å²) in [6.45, 7) is 0. The largest absolute Gasteiger partial charge is 0.453 e. The first-order valence-electron chi connectivity index (χ1n) is 5.07. The first kappa shape index (κ1) is 10.5. The fourth-order valence-electron chi connectivity index (χ4n) is 1.68. The molecule has 90 valence electrons. The summed E-state index contributed by atoms with van der Waals surface area (Å²) in [5.74, 6) is -0.418. The minimum absolute atomic E-state index is 0.149. The van der Waals surface area contributed by atoms with Gasteiger partial charge < -0.3 is 9.15 Å². The lowest BCUT2D eigenvalue weighted by Gasteiger charge is -2.04. The van der Waals surface area contributed by atoms with Crippen LogP contribution in [0.4, 0.5) is 10.1 Å². The Morgan fingerprint density at radius 3 is 2.61 bits per heavy atom. The van der Waals surface area contributed by atoms with Gasteiger partial charge in [0.25, 0.3) is 0 Å². The number of hydrogen-bond acceptors (Lipinski definition) is 4. The number of halogens is 1. The molecule has 3 aromatic rings. The third-order valence-corrected chi connectivity index (χ3v) is 2.48. The van der Waals surface area contributed by atoms with Crippen LogP contribution >= 0.6 is 0 Å². The van der Waals surface area contributed by atoms with E-state index in [1.54, 1.807) is 18.2 Å². The van der Waals surface area contributed by atoms with Crippen molar-refractivity contribution in [3.63, 3.8) is 0 Å². The van der Waals surface area contributed by atoms with Gasteiger partial charge in [0.1, 0.15) is 11.4 Å². The molecule has 18 heavy (non-hydrogen) atoms. The number of furan rings is 2. The van der Waals surface area contributed by atoms with Crippen LogP contribution in [0.25, 0.3) is 11.2 Å². The van der Waals surface area contributed by atoms with Gasteiger partial charge in [-0.3, -0.25) is 10.1 Å². The van der Waals surface area contributed by atoms with Gasteiger partial charge in [-0.25, -0.2) is 4.39 Å². The van der Waals surface area contributed by atoms with E-state index in [2.05, 4.69) is 0 Å². The van der Waals surface area contributed by atoms with E-state index in [0.717, 1.165) is 18.2 Å². The zero-order valence-corrected chi connectivity index (χ0v) is 8.92. The molecule has 0 aliphatic rings. The number of nitrogens with zero attached hydrogens (tertiary/aromatic N) is 1. The Balaban J connectivity index is 2.03. The molecule has 0 fully saturated rings. The van der Waals surface area contributed by atoms with E-state index in [1.807, 2.05) is 0 Å². The third kappa shape index (κ3) is 1.64. The average Bonchev–Trinajstić information content (AvgIpc) is 2.90. The van der Waals surface area contributed by atoms with Crippen LogP contribution in [0.5, 0.6) is 11.5 Å². The first-order valence-corrected chi connectivity index (χ1v) is 5.07. The van der Waals surface area contributed by atoms with Gasteiger partial charge in [-0.05, 0) is 18.2 Å². The molecule has 0 spiro atoms. The van der Waals surface area contributed by atoms with Crippen molar-refractivity contribution in [2.75, 3.05) is 0 Å². The highest BCUT2D eigenvalue weighted by Gasteiger charge is 2.19. The maximum Gasteiger partial charge on any atom is 0.311 e. The van der Waals surface area contributed by atoms with E-state index in [0.29, 0.717) is 16.9 Å². The number of rotatable bonds is 3. The van der Waals surface area contributed by atoms with Crippen LogP contribution in [-0.2, 0) is 0 Å². The summed E-state index contributed by atoms with van der Waals surface area (Å²) in [6, 6.07) is 8.05. The lowest BCUT2D eigenvalue weighted by Crippen LogP contribution is -1.93. The van der Waals surface area contributed by atoms with Crippen molar-refractivity contribution in [3.05, 3.63) is 52.3 Å². The van der Waals surface area contributed by atoms with E-state index in [4.69, 9.17) is 9.15 Å². The first-order chi connectivity index (χ1) is 8.63.